The monoisotopic (exact) mass is 447 g/mol. The molecule has 0 bridgehead atoms. The largest absolute Gasteiger partial charge is 0.493 e. The molecule has 0 spiro atoms. The Balaban J connectivity index is 1.61. The molecule has 1 atom stereocenters. The number of hydrogen-bond acceptors (Lipinski definition) is 9. The van der Waals surface area contributed by atoms with Gasteiger partial charge in [0.05, 0.1) is 19.1 Å². The van der Waals surface area contributed by atoms with Crippen LogP contribution in [0.15, 0.2) is 57.9 Å². The van der Waals surface area contributed by atoms with Crippen LogP contribution in [0.25, 0.3) is 11.4 Å². The van der Waals surface area contributed by atoms with E-state index in [-0.39, 0.29) is 23.2 Å². The second kappa shape index (κ2) is 9.58. The predicted molar refractivity (Wildman–Crippen MR) is 109 cm³/mol. The number of rotatable bonds is 9. The molecule has 0 aliphatic rings. The number of sulfonamides is 1. The van der Waals surface area contributed by atoms with Crippen LogP contribution in [0.5, 0.6) is 11.5 Å². The number of esters is 1. The van der Waals surface area contributed by atoms with E-state index in [0.717, 1.165) is 0 Å². The normalized spacial score (nSPS) is 12.2. The van der Waals surface area contributed by atoms with E-state index < -0.39 is 22.0 Å². The van der Waals surface area contributed by atoms with E-state index in [4.69, 9.17) is 18.7 Å². The molecule has 31 heavy (non-hydrogen) atoms. The van der Waals surface area contributed by atoms with E-state index in [9.17, 15) is 13.2 Å². The molecule has 11 heteroatoms. The maximum absolute atomic E-state index is 12.3. The van der Waals surface area contributed by atoms with E-state index >= 15 is 0 Å². The molecule has 0 aliphatic heterocycles. The minimum absolute atomic E-state index is 0.0473. The smallest absolute Gasteiger partial charge is 0.324 e. The lowest BCUT2D eigenvalue weighted by atomic mass is 10.2. The van der Waals surface area contributed by atoms with E-state index in [2.05, 4.69) is 14.9 Å². The molecule has 2 aromatic carbocycles. The second-order valence-corrected chi connectivity index (χ2v) is 8.06. The SMILES string of the molecule is COc1ccc(-c2noc(COC(=O)[C@H](C)NS(=O)(=O)c3ccccc3)n2)cc1OC. The summed E-state index contributed by atoms with van der Waals surface area (Å²) >= 11 is 0. The van der Waals surface area contributed by atoms with E-state index in [1.165, 1.54) is 33.3 Å². The summed E-state index contributed by atoms with van der Waals surface area (Å²) in [6.07, 6.45) is 0. The number of benzene rings is 2. The van der Waals surface area contributed by atoms with Crippen molar-refractivity contribution in [2.24, 2.45) is 0 Å². The fourth-order valence-electron chi connectivity index (χ4n) is 2.61. The molecule has 1 heterocycles. The van der Waals surface area contributed by atoms with Crippen LogP contribution in [0.4, 0.5) is 0 Å². The molecular formula is C20H21N3O7S. The zero-order valence-electron chi connectivity index (χ0n) is 17.1. The molecule has 1 N–H and O–H groups in total. The maximum Gasteiger partial charge on any atom is 0.324 e. The van der Waals surface area contributed by atoms with Crippen molar-refractivity contribution >= 4 is 16.0 Å². The molecule has 0 aliphatic carbocycles. The molecule has 0 unspecified atom stereocenters. The van der Waals surface area contributed by atoms with E-state index in [0.29, 0.717) is 17.1 Å². The first-order valence-corrected chi connectivity index (χ1v) is 10.6. The lowest BCUT2D eigenvalue weighted by Crippen LogP contribution is -2.39. The quantitative estimate of drug-likeness (QED) is 0.490. The molecule has 164 valence electrons. The Labute approximate surface area is 179 Å². The van der Waals surface area contributed by atoms with Gasteiger partial charge in [-0.1, -0.05) is 23.4 Å². The number of nitrogens with one attached hydrogen (secondary N) is 1. The van der Waals surface area contributed by atoms with Gasteiger partial charge in [-0.3, -0.25) is 4.79 Å². The molecule has 10 nitrogen and oxygen atoms in total. The Hall–Kier alpha value is -3.44. The van der Waals surface area contributed by atoms with Crippen molar-refractivity contribution in [2.75, 3.05) is 14.2 Å². The van der Waals surface area contributed by atoms with Crippen molar-refractivity contribution in [3.8, 4) is 22.9 Å². The minimum Gasteiger partial charge on any atom is -0.493 e. The molecule has 3 rings (SSSR count). The molecule has 0 saturated carbocycles. The van der Waals surface area contributed by atoms with Gasteiger partial charge in [0.15, 0.2) is 18.1 Å². The van der Waals surface area contributed by atoms with E-state index in [1.807, 2.05) is 0 Å². The summed E-state index contributed by atoms with van der Waals surface area (Å²) in [4.78, 5) is 16.4. The van der Waals surface area contributed by atoms with Gasteiger partial charge in [-0.25, -0.2) is 8.42 Å². The Morgan fingerprint density at radius 1 is 1.10 bits per heavy atom. The fraction of sp³-hybridized carbons (Fsp3) is 0.250. The van der Waals surface area contributed by atoms with Gasteiger partial charge in [-0.2, -0.15) is 9.71 Å². The number of nitrogens with zero attached hydrogens (tertiary/aromatic N) is 2. The zero-order chi connectivity index (χ0) is 22.4. The summed E-state index contributed by atoms with van der Waals surface area (Å²) in [7, 11) is -0.819. The third-order valence-electron chi connectivity index (χ3n) is 4.19. The van der Waals surface area contributed by atoms with Crippen LogP contribution in [-0.2, 0) is 26.2 Å². The Bertz CT molecular complexity index is 1150. The lowest BCUT2D eigenvalue weighted by molar-refractivity contribution is -0.147. The number of methoxy groups -OCH3 is 2. The molecule has 3 aromatic rings. The highest BCUT2D eigenvalue weighted by atomic mass is 32.2. The van der Waals surface area contributed by atoms with Crippen molar-refractivity contribution in [2.45, 2.75) is 24.5 Å². The van der Waals surface area contributed by atoms with Crippen LogP contribution >= 0.6 is 0 Å². The van der Waals surface area contributed by atoms with Crippen molar-refractivity contribution in [1.29, 1.82) is 0 Å². The van der Waals surface area contributed by atoms with Crippen molar-refractivity contribution in [1.82, 2.24) is 14.9 Å². The highest BCUT2D eigenvalue weighted by molar-refractivity contribution is 7.89. The first-order valence-electron chi connectivity index (χ1n) is 9.13. The number of ether oxygens (including phenoxy) is 3. The van der Waals surface area contributed by atoms with Crippen LogP contribution < -0.4 is 14.2 Å². The van der Waals surface area contributed by atoms with Gasteiger partial charge in [0, 0.05) is 5.56 Å². The van der Waals surface area contributed by atoms with Gasteiger partial charge < -0.3 is 18.7 Å². The molecule has 0 radical (unpaired) electrons. The van der Waals surface area contributed by atoms with Crippen LogP contribution in [0.2, 0.25) is 0 Å². The van der Waals surface area contributed by atoms with Gasteiger partial charge in [0.25, 0.3) is 5.89 Å². The first-order chi connectivity index (χ1) is 14.8. The number of aromatic nitrogens is 2. The summed E-state index contributed by atoms with van der Waals surface area (Å²) in [6.45, 7) is 1.07. The third-order valence-corrected chi connectivity index (χ3v) is 5.74. The van der Waals surface area contributed by atoms with Crippen LogP contribution in [-0.4, -0.2) is 44.8 Å². The Kier molecular flexibility index (Phi) is 6.88. The van der Waals surface area contributed by atoms with Crippen molar-refractivity contribution in [3.05, 3.63) is 54.4 Å². The average molecular weight is 447 g/mol. The fourth-order valence-corrected chi connectivity index (χ4v) is 3.83. The van der Waals surface area contributed by atoms with Gasteiger partial charge >= 0.3 is 5.97 Å². The third kappa shape index (κ3) is 5.38. The predicted octanol–water partition coefficient (Wildman–Crippen LogP) is 2.16. The second-order valence-electron chi connectivity index (χ2n) is 6.35. The van der Waals surface area contributed by atoms with Crippen LogP contribution in [0.1, 0.15) is 12.8 Å². The molecule has 0 saturated heterocycles. The lowest BCUT2D eigenvalue weighted by Gasteiger charge is -2.13. The summed E-state index contributed by atoms with van der Waals surface area (Å²) in [5.74, 6) is 0.583. The highest BCUT2D eigenvalue weighted by Gasteiger charge is 2.23. The standard InChI is InChI=1S/C20H21N3O7S/c1-13(23-31(25,26)15-7-5-4-6-8-15)20(24)29-12-18-21-19(22-30-18)14-9-10-16(27-2)17(11-14)28-3/h4-11,13,23H,12H2,1-3H3/t13-/m0/s1. The van der Waals surface area contributed by atoms with Crippen LogP contribution in [0, 0.1) is 0 Å². The summed E-state index contributed by atoms with van der Waals surface area (Å²) < 4.78 is 47.5. The zero-order valence-corrected chi connectivity index (χ0v) is 17.9. The molecule has 0 fully saturated rings. The van der Waals surface area contributed by atoms with Crippen LogP contribution in [0.3, 0.4) is 0 Å². The first kappa shape index (κ1) is 22.2. The Morgan fingerprint density at radius 2 is 1.81 bits per heavy atom. The summed E-state index contributed by atoms with van der Waals surface area (Å²) in [5, 5.41) is 3.85. The van der Waals surface area contributed by atoms with Crippen molar-refractivity contribution < 1.29 is 31.9 Å². The van der Waals surface area contributed by atoms with Gasteiger partial charge in [-0.05, 0) is 37.3 Å². The molecule has 1 aromatic heterocycles. The highest BCUT2D eigenvalue weighted by Crippen LogP contribution is 2.31. The van der Waals surface area contributed by atoms with Gasteiger partial charge in [-0.15, -0.1) is 0 Å². The maximum atomic E-state index is 12.3. The average Bonchev–Trinajstić information content (AvgIpc) is 3.26. The summed E-state index contributed by atoms with van der Waals surface area (Å²) in [6, 6.07) is 11.7. The van der Waals surface area contributed by atoms with Crippen molar-refractivity contribution in [3.63, 3.8) is 0 Å². The molecule has 0 amide bonds. The Morgan fingerprint density at radius 3 is 2.48 bits per heavy atom. The number of hydrogen-bond donors (Lipinski definition) is 1. The summed E-state index contributed by atoms with van der Waals surface area (Å²) in [5.41, 5.74) is 0.614. The van der Waals surface area contributed by atoms with Gasteiger partial charge in [0.2, 0.25) is 15.8 Å². The minimum atomic E-state index is -3.86. The number of carbonyl (C=O) groups excluding carboxylic acids is 1. The van der Waals surface area contributed by atoms with E-state index in [1.54, 1.807) is 36.4 Å². The van der Waals surface area contributed by atoms with Gasteiger partial charge in [0.1, 0.15) is 6.04 Å². The molecular weight excluding hydrogens is 426 g/mol. The topological polar surface area (TPSA) is 130 Å². The number of carbonyl (C=O) groups is 1.